The van der Waals surface area contributed by atoms with Crippen LogP contribution in [0.15, 0.2) is 24.3 Å². The van der Waals surface area contributed by atoms with Crippen LogP contribution in [-0.2, 0) is 0 Å². The molecule has 0 radical (unpaired) electrons. The van der Waals surface area contributed by atoms with Gasteiger partial charge in [-0.1, -0.05) is 12.1 Å². The second-order valence-corrected chi connectivity index (χ2v) is 4.14. The summed E-state index contributed by atoms with van der Waals surface area (Å²) in [5, 5.41) is 4.86. The summed E-state index contributed by atoms with van der Waals surface area (Å²) in [6.45, 7) is 2.43. The summed E-state index contributed by atoms with van der Waals surface area (Å²) in [5.74, 6) is -0.740. The number of carbonyl (C=O) groups excluding carboxylic acids is 1. The summed E-state index contributed by atoms with van der Waals surface area (Å²) in [4.78, 5) is 11.6. The zero-order chi connectivity index (χ0) is 13.8. The molecule has 0 aromatic heterocycles. The highest BCUT2D eigenvalue weighted by Crippen LogP contribution is 2.17. The van der Waals surface area contributed by atoms with Crippen molar-refractivity contribution in [2.45, 2.75) is 26.1 Å². The molecule has 0 saturated carbocycles. The molecule has 100 valence electrons. The van der Waals surface area contributed by atoms with Crippen molar-refractivity contribution >= 4 is 11.6 Å². The number of rotatable bonds is 4. The van der Waals surface area contributed by atoms with Crippen molar-refractivity contribution in [2.24, 2.45) is 0 Å². The van der Waals surface area contributed by atoms with Crippen molar-refractivity contribution in [1.29, 1.82) is 0 Å². The van der Waals surface area contributed by atoms with Gasteiger partial charge in [0.1, 0.15) is 6.54 Å². The largest absolute Gasteiger partial charge is 0.405 e. The first-order valence-corrected chi connectivity index (χ1v) is 5.50. The molecule has 1 rings (SSSR count). The number of para-hydroxylation sites is 1. The van der Waals surface area contributed by atoms with E-state index in [9.17, 15) is 18.0 Å². The number of anilines is 1. The normalized spacial score (nSPS) is 11.4. The topological polar surface area (TPSA) is 41.1 Å². The number of amides is 1. The molecule has 1 aromatic rings. The van der Waals surface area contributed by atoms with Crippen LogP contribution < -0.4 is 10.6 Å². The Kier molecular flexibility index (Phi) is 4.58. The van der Waals surface area contributed by atoms with Gasteiger partial charge in [-0.3, -0.25) is 4.79 Å². The van der Waals surface area contributed by atoms with E-state index < -0.39 is 18.6 Å². The summed E-state index contributed by atoms with van der Waals surface area (Å²) < 4.78 is 36.0. The monoisotopic (exact) mass is 260 g/mol. The standard InChI is InChI=1S/C12H15F3N2O/c1-8(2)17-10-6-4-3-5-9(10)11(18)16-7-12(13,14)15/h3-6,8,17H,7H2,1-2H3,(H,16,18). The Morgan fingerprint density at radius 3 is 2.44 bits per heavy atom. The minimum atomic E-state index is -4.41. The van der Waals surface area contributed by atoms with Crippen molar-refractivity contribution in [3.05, 3.63) is 29.8 Å². The smallest absolute Gasteiger partial charge is 0.382 e. The molecule has 1 amide bonds. The zero-order valence-electron chi connectivity index (χ0n) is 10.1. The fourth-order valence-corrected chi connectivity index (χ4v) is 1.39. The van der Waals surface area contributed by atoms with Crippen LogP contribution in [0.5, 0.6) is 0 Å². The highest BCUT2D eigenvalue weighted by molar-refractivity contribution is 5.99. The lowest BCUT2D eigenvalue weighted by atomic mass is 10.1. The van der Waals surface area contributed by atoms with Crippen LogP contribution in [0, 0.1) is 0 Å². The van der Waals surface area contributed by atoms with Gasteiger partial charge in [0.15, 0.2) is 0 Å². The summed E-state index contributed by atoms with van der Waals surface area (Å²) >= 11 is 0. The number of hydrogen-bond acceptors (Lipinski definition) is 2. The molecule has 0 aliphatic carbocycles. The minimum absolute atomic E-state index is 0.0848. The Bertz CT molecular complexity index is 416. The Labute approximate surface area is 103 Å². The first-order valence-electron chi connectivity index (χ1n) is 5.50. The Balaban J connectivity index is 2.79. The lowest BCUT2D eigenvalue weighted by Crippen LogP contribution is -2.34. The third-order valence-corrected chi connectivity index (χ3v) is 2.07. The van der Waals surface area contributed by atoms with E-state index >= 15 is 0 Å². The highest BCUT2D eigenvalue weighted by atomic mass is 19.4. The molecule has 0 aliphatic heterocycles. The third kappa shape index (κ3) is 4.65. The molecule has 0 bridgehead atoms. The van der Waals surface area contributed by atoms with E-state index in [-0.39, 0.29) is 11.6 Å². The van der Waals surface area contributed by atoms with Gasteiger partial charge < -0.3 is 10.6 Å². The SMILES string of the molecule is CC(C)Nc1ccccc1C(=O)NCC(F)(F)F. The van der Waals surface area contributed by atoms with Crippen LogP contribution in [0.1, 0.15) is 24.2 Å². The van der Waals surface area contributed by atoms with Gasteiger partial charge in [-0.15, -0.1) is 0 Å². The molecule has 0 spiro atoms. The van der Waals surface area contributed by atoms with E-state index in [0.29, 0.717) is 5.69 Å². The van der Waals surface area contributed by atoms with E-state index in [1.165, 1.54) is 6.07 Å². The second kappa shape index (κ2) is 5.75. The summed E-state index contributed by atoms with van der Waals surface area (Å²) in [6, 6.07) is 6.54. The van der Waals surface area contributed by atoms with Crippen molar-refractivity contribution in [3.8, 4) is 0 Å². The fourth-order valence-electron chi connectivity index (χ4n) is 1.39. The molecule has 1 aromatic carbocycles. The number of hydrogen-bond donors (Lipinski definition) is 2. The first kappa shape index (κ1) is 14.3. The van der Waals surface area contributed by atoms with E-state index in [1.54, 1.807) is 18.2 Å². The molecule has 2 N–H and O–H groups in total. The molecule has 0 heterocycles. The van der Waals surface area contributed by atoms with Crippen LogP contribution in [0.4, 0.5) is 18.9 Å². The molecule has 18 heavy (non-hydrogen) atoms. The first-order chi connectivity index (χ1) is 8.29. The highest BCUT2D eigenvalue weighted by Gasteiger charge is 2.28. The number of carbonyl (C=O) groups is 1. The fraction of sp³-hybridized carbons (Fsp3) is 0.417. The van der Waals surface area contributed by atoms with Gasteiger partial charge in [0.2, 0.25) is 0 Å². The summed E-state index contributed by atoms with van der Waals surface area (Å²) in [5.41, 5.74) is 0.725. The Morgan fingerprint density at radius 2 is 1.89 bits per heavy atom. The minimum Gasteiger partial charge on any atom is -0.382 e. The van der Waals surface area contributed by atoms with Crippen molar-refractivity contribution < 1.29 is 18.0 Å². The third-order valence-electron chi connectivity index (χ3n) is 2.07. The Hall–Kier alpha value is -1.72. The molecule has 0 saturated heterocycles. The lowest BCUT2D eigenvalue weighted by molar-refractivity contribution is -0.123. The lowest BCUT2D eigenvalue weighted by Gasteiger charge is -2.15. The van der Waals surface area contributed by atoms with Crippen molar-refractivity contribution in [1.82, 2.24) is 5.32 Å². The molecular weight excluding hydrogens is 245 g/mol. The van der Waals surface area contributed by atoms with Crippen LogP contribution in [0.25, 0.3) is 0 Å². The van der Waals surface area contributed by atoms with Gasteiger partial charge in [0.05, 0.1) is 5.56 Å². The van der Waals surface area contributed by atoms with E-state index in [4.69, 9.17) is 0 Å². The van der Waals surface area contributed by atoms with Gasteiger partial charge in [0.25, 0.3) is 5.91 Å². The van der Waals surface area contributed by atoms with E-state index in [0.717, 1.165) is 0 Å². The maximum atomic E-state index is 12.0. The Morgan fingerprint density at radius 1 is 1.28 bits per heavy atom. The predicted octanol–water partition coefficient (Wildman–Crippen LogP) is 2.80. The predicted molar refractivity (Wildman–Crippen MR) is 63.6 cm³/mol. The van der Waals surface area contributed by atoms with Crippen LogP contribution in [-0.4, -0.2) is 24.7 Å². The average molecular weight is 260 g/mol. The number of benzene rings is 1. The van der Waals surface area contributed by atoms with E-state index in [1.807, 2.05) is 19.2 Å². The van der Waals surface area contributed by atoms with Crippen LogP contribution in [0.3, 0.4) is 0 Å². The van der Waals surface area contributed by atoms with Gasteiger partial charge in [-0.2, -0.15) is 13.2 Å². The molecular formula is C12H15F3N2O. The van der Waals surface area contributed by atoms with Gasteiger partial charge in [0, 0.05) is 11.7 Å². The molecule has 0 unspecified atom stereocenters. The molecule has 6 heteroatoms. The quantitative estimate of drug-likeness (QED) is 0.874. The maximum absolute atomic E-state index is 12.0. The maximum Gasteiger partial charge on any atom is 0.405 e. The summed E-state index contributed by atoms with van der Waals surface area (Å²) in [7, 11) is 0. The van der Waals surface area contributed by atoms with Crippen LogP contribution >= 0.6 is 0 Å². The summed E-state index contributed by atoms with van der Waals surface area (Å²) in [6.07, 6.45) is -4.41. The molecule has 0 fully saturated rings. The number of alkyl halides is 3. The molecule has 3 nitrogen and oxygen atoms in total. The molecule has 0 aliphatic rings. The molecule has 0 atom stereocenters. The number of nitrogens with one attached hydrogen (secondary N) is 2. The van der Waals surface area contributed by atoms with Crippen molar-refractivity contribution in [3.63, 3.8) is 0 Å². The van der Waals surface area contributed by atoms with Crippen molar-refractivity contribution in [2.75, 3.05) is 11.9 Å². The van der Waals surface area contributed by atoms with Gasteiger partial charge in [-0.25, -0.2) is 0 Å². The van der Waals surface area contributed by atoms with Gasteiger partial charge >= 0.3 is 6.18 Å². The second-order valence-electron chi connectivity index (χ2n) is 4.14. The average Bonchev–Trinajstić information content (AvgIpc) is 2.25. The number of halogens is 3. The van der Waals surface area contributed by atoms with Gasteiger partial charge in [-0.05, 0) is 26.0 Å². The van der Waals surface area contributed by atoms with E-state index in [2.05, 4.69) is 5.32 Å². The zero-order valence-corrected chi connectivity index (χ0v) is 10.1. The van der Waals surface area contributed by atoms with Crippen LogP contribution in [0.2, 0.25) is 0 Å².